The first-order valence-electron chi connectivity index (χ1n) is 6.38. The van der Waals surface area contributed by atoms with Crippen molar-refractivity contribution in [3.63, 3.8) is 0 Å². The minimum atomic E-state index is 0.324. The zero-order valence-electron chi connectivity index (χ0n) is 11.6. The molecule has 0 aliphatic carbocycles. The summed E-state index contributed by atoms with van der Waals surface area (Å²) in [7, 11) is 1.92. The molecule has 2 aromatic rings. The second-order valence-electron chi connectivity index (χ2n) is 4.82. The molecule has 1 atom stereocenters. The fourth-order valence-electron chi connectivity index (χ4n) is 2.09. The van der Waals surface area contributed by atoms with Crippen LogP contribution in [0.3, 0.4) is 0 Å². The van der Waals surface area contributed by atoms with Gasteiger partial charge in [-0.25, -0.2) is 0 Å². The van der Waals surface area contributed by atoms with Crippen LogP contribution in [-0.4, -0.2) is 20.4 Å². The lowest BCUT2D eigenvalue weighted by atomic mass is 10.2. The van der Waals surface area contributed by atoms with E-state index in [1.807, 2.05) is 41.5 Å². The van der Waals surface area contributed by atoms with Crippen molar-refractivity contribution in [1.29, 1.82) is 5.26 Å². The molecule has 19 heavy (non-hydrogen) atoms. The summed E-state index contributed by atoms with van der Waals surface area (Å²) in [4.78, 5) is 0. The normalized spacial score (nSPS) is 12.3. The molecular weight excluding hydrogens is 238 g/mol. The van der Waals surface area contributed by atoms with Crippen molar-refractivity contribution in [1.82, 2.24) is 19.7 Å². The Hall–Kier alpha value is -2.06. The Bertz CT molecular complexity index is 574. The van der Waals surface area contributed by atoms with E-state index in [9.17, 15) is 0 Å². The van der Waals surface area contributed by atoms with E-state index in [2.05, 4.69) is 23.4 Å². The molecule has 5 heteroatoms. The lowest BCUT2D eigenvalue weighted by Gasteiger charge is -2.13. The van der Waals surface area contributed by atoms with E-state index in [0.717, 1.165) is 18.8 Å². The first kappa shape index (κ1) is 13.4. The molecule has 100 valence electrons. The standard InChI is InChI=1S/C14H19N5/c1-11(10-19-6-4-5-17-19)16-9-13-7-14(8-15)18(3)12(13)2/h4-7,11,16H,9-10H2,1-3H3/t11-/m0/s1. The molecule has 0 radical (unpaired) electrons. The molecule has 0 saturated carbocycles. The van der Waals surface area contributed by atoms with Gasteiger partial charge < -0.3 is 9.88 Å². The van der Waals surface area contributed by atoms with Crippen LogP contribution in [0, 0.1) is 18.3 Å². The molecule has 0 aromatic carbocycles. The van der Waals surface area contributed by atoms with E-state index in [4.69, 9.17) is 5.26 Å². The topological polar surface area (TPSA) is 58.6 Å². The number of aromatic nitrogens is 3. The van der Waals surface area contributed by atoms with Crippen LogP contribution in [0.25, 0.3) is 0 Å². The zero-order valence-corrected chi connectivity index (χ0v) is 11.6. The Balaban J connectivity index is 1.94. The summed E-state index contributed by atoms with van der Waals surface area (Å²) in [5.74, 6) is 0. The molecule has 1 N–H and O–H groups in total. The van der Waals surface area contributed by atoms with Gasteiger partial charge >= 0.3 is 0 Å². The van der Waals surface area contributed by atoms with Crippen LogP contribution < -0.4 is 5.32 Å². The molecular formula is C14H19N5. The summed E-state index contributed by atoms with van der Waals surface area (Å²) < 4.78 is 3.84. The van der Waals surface area contributed by atoms with Crippen molar-refractivity contribution < 1.29 is 0 Å². The highest BCUT2D eigenvalue weighted by Crippen LogP contribution is 2.13. The molecule has 5 nitrogen and oxygen atoms in total. The van der Waals surface area contributed by atoms with Gasteiger partial charge in [0.05, 0.1) is 6.54 Å². The number of nitrogens with one attached hydrogen (secondary N) is 1. The van der Waals surface area contributed by atoms with Crippen LogP contribution in [0.1, 0.15) is 23.9 Å². The molecule has 0 amide bonds. The molecule has 0 bridgehead atoms. The van der Waals surface area contributed by atoms with E-state index in [1.54, 1.807) is 6.20 Å². The van der Waals surface area contributed by atoms with Gasteiger partial charge in [0.15, 0.2) is 0 Å². The Kier molecular flexibility index (Phi) is 4.03. The minimum absolute atomic E-state index is 0.324. The van der Waals surface area contributed by atoms with Crippen molar-refractivity contribution in [3.8, 4) is 6.07 Å². The highest BCUT2D eigenvalue weighted by molar-refractivity contribution is 5.34. The highest BCUT2D eigenvalue weighted by atomic mass is 15.3. The number of nitriles is 1. The van der Waals surface area contributed by atoms with Gasteiger partial charge in [0.25, 0.3) is 0 Å². The highest BCUT2D eigenvalue weighted by Gasteiger charge is 2.10. The van der Waals surface area contributed by atoms with E-state index in [1.165, 1.54) is 5.56 Å². The SMILES string of the molecule is Cc1c(CN[C@@H](C)Cn2cccn2)cc(C#N)n1C. The monoisotopic (exact) mass is 257 g/mol. The second-order valence-corrected chi connectivity index (χ2v) is 4.82. The summed E-state index contributed by atoms with van der Waals surface area (Å²) in [6.45, 7) is 5.77. The fourth-order valence-corrected chi connectivity index (χ4v) is 2.09. The third-order valence-corrected chi connectivity index (χ3v) is 3.42. The van der Waals surface area contributed by atoms with Crippen molar-refractivity contribution >= 4 is 0 Å². The predicted octanol–water partition coefficient (Wildman–Crippen LogP) is 1.58. The van der Waals surface area contributed by atoms with E-state index in [-0.39, 0.29) is 0 Å². The van der Waals surface area contributed by atoms with Gasteiger partial charge in [-0.05, 0) is 31.5 Å². The maximum Gasteiger partial charge on any atom is 0.120 e. The second kappa shape index (κ2) is 5.72. The van der Waals surface area contributed by atoms with Crippen LogP contribution in [0.15, 0.2) is 24.5 Å². The number of hydrogen-bond acceptors (Lipinski definition) is 3. The van der Waals surface area contributed by atoms with Gasteiger partial charge in [0.1, 0.15) is 11.8 Å². The van der Waals surface area contributed by atoms with Crippen molar-refractivity contribution in [2.75, 3.05) is 0 Å². The predicted molar refractivity (Wildman–Crippen MR) is 73.4 cm³/mol. The largest absolute Gasteiger partial charge is 0.340 e. The van der Waals surface area contributed by atoms with Crippen LogP contribution >= 0.6 is 0 Å². The summed E-state index contributed by atoms with van der Waals surface area (Å²) in [6, 6.07) is 6.40. The maximum absolute atomic E-state index is 9.00. The fraction of sp³-hybridized carbons (Fsp3) is 0.429. The Morgan fingerprint density at radius 2 is 2.32 bits per heavy atom. The van der Waals surface area contributed by atoms with Crippen LogP contribution in [0.4, 0.5) is 0 Å². The van der Waals surface area contributed by atoms with Gasteiger partial charge in [-0.15, -0.1) is 0 Å². The molecule has 0 aliphatic heterocycles. The Morgan fingerprint density at radius 1 is 1.53 bits per heavy atom. The van der Waals surface area contributed by atoms with Gasteiger partial charge in [-0.3, -0.25) is 4.68 Å². The van der Waals surface area contributed by atoms with Gasteiger partial charge in [-0.2, -0.15) is 10.4 Å². The Labute approximate surface area is 113 Å². The average molecular weight is 257 g/mol. The molecule has 2 aromatic heterocycles. The number of nitrogens with zero attached hydrogens (tertiary/aromatic N) is 4. The van der Waals surface area contributed by atoms with Gasteiger partial charge in [0.2, 0.25) is 0 Å². The van der Waals surface area contributed by atoms with Crippen LogP contribution in [-0.2, 0) is 20.1 Å². The minimum Gasteiger partial charge on any atom is -0.340 e. The van der Waals surface area contributed by atoms with Crippen LogP contribution in [0.2, 0.25) is 0 Å². The summed E-state index contributed by atoms with van der Waals surface area (Å²) >= 11 is 0. The summed E-state index contributed by atoms with van der Waals surface area (Å²) in [5.41, 5.74) is 3.01. The average Bonchev–Trinajstić information content (AvgIpc) is 2.98. The third kappa shape index (κ3) is 3.04. The zero-order chi connectivity index (χ0) is 13.8. The smallest absolute Gasteiger partial charge is 0.120 e. The van der Waals surface area contributed by atoms with Crippen molar-refractivity contribution in [2.24, 2.45) is 7.05 Å². The summed E-state index contributed by atoms with van der Waals surface area (Å²) in [6.07, 6.45) is 3.74. The van der Waals surface area contributed by atoms with E-state index >= 15 is 0 Å². The van der Waals surface area contributed by atoms with E-state index < -0.39 is 0 Å². The van der Waals surface area contributed by atoms with Gasteiger partial charge in [-0.1, -0.05) is 0 Å². The molecule has 2 heterocycles. The number of rotatable bonds is 5. The van der Waals surface area contributed by atoms with Crippen molar-refractivity contribution in [2.45, 2.75) is 33.0 Å². The third-order valence-electron chi connectivity index (χ3n) is 3.42. The molecule has 0 fully saturated rings. The lowest BCUT2D eigenvalue weighted by Crippen LogP contribution is -2.30. The Morgan fingerprint density at radius 3 is 2.89 bits per heavy atom. The summed E-state index contributed by atoms with van der Waals surface area (Å²) in [5, 5.41) is 16.7. The van der Waals surface area contributed by atoms with Crippen LogP contribution in [0.5, 0.6) is 0 Å². The molecule has 0 unspecified atom stereocenters. The first-order chi connectivity index (χ1) is 9.11. The first-order valence-corrected chi connectivity index (χ1v) is 6.38. The molecule has 0 aliphatic rings. The molecule has 2 rings (SSSR count). The molecule has 0 saturated heterocycles. The number of hydrogen-bond donors (Lipinski definition) is 1. The lowest BCUT2D eigenvalue weighted by molar-refractivity contribution is 0.450. The maximum atomic E-state index is 9.00. The quantitative estimate of drug-likeness (QED) is 0.884. The van der Waals surface area contributed by atoms with Gasteiger partial charge in [0, 0.05) is 37.7 Å². The molecule has 0 spiro atoms. The van der Waals surface area contributed by atoms with Crippen molar-refractivity contribution in [3.05, 3.63) is 41.5 Å². The van der Waals surface area contributed by atoms with E-state index in [0.29, 0.717) is 11.7 Å².